The zero-order valence-electron chi connectivity index (χ0n) is 9.63. The van der Waals surface area contributed by atoms with E-state index < -0.39 is 35.3 Å². The standard InChI is InChI=1S/C12H14ClF3O2/c13-6-2-1-3-8(12(17)18)7-4-5-9(14)11(16)10(7)15/h5,7-8H,1-4,6H2,(H,17,18)/t7?,8-/m0/s1. The molecule has 0 heterocycles. The second-order valence-corrected chi connectivity index (χ2v) is 4.56. The number of carbonyl (C=O) groups is 1. The van der Waals surface area contributed by atoms with Gasteiger partial charge in [-0.25, -0.2) is 13.2 Å². The van der Waals surface area contributed by atoms with E-state index in [2.05, 4.69) is 0 Å². The van der Waals surface area contributed by atoms with Crippen LogP contribution in [0.2, 0.25) is 0 Å². The molecule has 0 radical (unpaired) electrons. The number of hydrogen-bond acceptors (Lipinski definition) is 1. The lowest BCUT2D eigenvalue weighted by molar-refractivity contribution is -0.143. The Kier molecular flexibility index (Phi) is 5.72. The van der Waals surface area contributed by atoms with Crippen LogP contribution >= 0.6 is 11.6 Å². The van der Waals surface area contributed by atoms with Crippen molar-refractivity contribution in [2.75, 3.05) is 5.88 Å². The molecule has 102 valence electrons. The number of hydrogen-bond donors (Lipinski definition) is 1. The van der Waals surface area contributed by atoms with E-state index in [1.165, 1.54) is 0 Å². The Morgan fingerprint density at radius 1 is 1.44 bits per heavy atom. The van der Waals surface area contributed by atoms with E-state index in [0.717, 1.165) is 6.08 Å². The van der Waals surface area contributed by atoms with Gasteiger partial charge in [0, 0.05) is 11.8 Å². The second kappa shape index (κ2) is 6.83. The van der Waals surface area contributed by atoms with E-state index in [0.29, 0.717) is 18.7 Å². The quantitative estimate of drug-likeness (QED) is 0.588. The minimum absolute atomic E-state index is 0.136. The van der Waals surface area contributed by atoms with Gasteiger partial charge in [-0.2, -0.15) is 0 Å². The molecule has 0 spiro atoms. The molecule has 1 N–H and O–H groups in total. The van der Waals surface area contributed by atoms with Crippen molar-refractivity contribution < 1.29 is 23.1 Å². The molecule has 0 amide bonds. The first kappa shape index (κ1) is 15.1. The van der Waals surface area contributed by atoms with Gasteiger partial charge < -0.3 is 5.11 Å². The SMILES string of the molecule is O=C(O)[C@@H](CCCCCl)C1CC=C(F)C(F)=C1F. The van der Waals surface area contributed by atoms with Gasteiger partial charge in [0.1, 0.15) is 5.83 Å². The molecule has 0 fully saturated rings. The van der Waals surface area contributed by atoms with E-state index in [9.17, 15) is 18.0 Å². The Bertz CT molecular complexity index is 380. The predicted molar refractivity (Wildman–Crippen MR) is 62.2 cm³/mol. The van der Waals surface area contributed by atoms with Crippen LogP contribution in [0.5, 0.6) is 0 Å². The minimum Gasteiger partial charge on any atom is -0.481 e. The molecule has 0 bridgehead atoms. The van der Waals surface area contributed by atoms with Crippen LogP contribution in [0.25, 0.3) is 0 Å². The third-order valence-electron chi connectivity index (χ3n) is 3.00. The molecular formula is C12H14ClF3O2. The normalized spacial score (nSPS) is 21.8. The van der Waals surface area contributed by atoms with Gasteiger partial charge in [-0.1, -0.05) is 6.42 Å². The highest BCUT2D eigenvalue weighted by Crippen LogP contribution is 2.38. The molecule has 6 heteroatoms. The number of rotatable bonds is 6. The number of allylic oxidation sites excluding steroid dienone is 4. The fourth-order valence-corrected chi connectivity index (χ4v) is 2.19. The van der Waals surface area contributed by atoms with Gasteiger partial charge in [0.25, 0.3) is 0 Å². The fourth-order valence-electron chi connectivity index (χ4n) is 2.00. The first-order valence-electron chi connectivity index (χ1n) is 5.69. The van der Waals surface area contributed by atoms with Crippen LogP contribution < -0.4 is 0 Å². The summed E-state index contributed by atoms with van der Waals surface area (Å²) in [6, 6.07) is 0. The summed E-state index contributed by atoms with van der Waals surface area (Å²) < 4.78 is 39.4. The summed E-state index contributed by atoms with van der Waals surface area (Å²) in [7, 11) is 0. The largest absolute Gasteiger partial charge is 0.481 e. The number of alkyl halides is 1. The first-order valence-corrected chi connectivity index (χ1v) is 6.22. The lowest BCUT2D eigenvalue weighted by Crippen LogP contribution is -2.26. The molecule has 0 aromatic rings. The van der Waals surface area contributed by atoms with E-state index in [1.54, 1.807) is 0 Å². The zero-order valence-corrected chi connectivity index (χ0v) is 10.4. The number of halogens is 4. The first-order chi connectivity index (χ1) is 8.49. The van der Waals surface area contributed by atoms with Crippen LogP contribution in [-0.2, 0) is 4.79 Å². The Hall–Kier alpha value is -0.970. The summed E-state index contributed by atoms with van der Waals surface area (Å²) in [6.07, 6.45) is 2.07. The Balaban J connectivity index is 2.79. The van der Waals surface area contributed by atoms with Crippen molar-refractivity contribution in [2.24, 2.45) is 11.8 Å². The summed E-state index contributed by atoms with van der Waals surface area (Å²) in [5, 5.41) is 9.04. The Labute approximate surface area is 108 Å². The van der Waals surface area contributed by atoms with Crippen molar-refractivity contribution in [3.05, 3.63) is 23.6 Å². The van der Waals surface area contributed by atoms with Crippen molar-refractivity contribution in [3.8, 4) is 0 Å². The Morgan fingerprint density at radius 2 is 2.11 bits per heavy atom. The molecular weight excluding hydrogens is 269 g/mol. The van der Waals surface area contributed by atoms with Gasteiger partial charge in [-0.15, -0.1) is 11.6 Å². The van der Waals surface area contributed by atoms with Crippen LogP contribution in [0.4, 0.5) is 13.2 Å². The maximum Gasteiger partial charge on any atom is 0.307 e. The van der Waals surface area contributed by atoms with Crippen molar-refractivity contribution >= 4 is 17.6 Å². The van der Waals surface area contributed by atoms with Crippen molar-refractivity contribution in [1.29, 1.82) is 0 Å². The highest BCUT2D eigenvalue weighted by molar-refractivity contribution is 6.17. The monoisotopic (exact) mass is 282 g/mol. The lowest BCUT2D eigenvalue weighted by atomic mass is 9.82. The third-order valence-corrected chi connectivity index (χ3v) is 3.26. The summed E-state index contributed by atoms with van der Waals surface area (Å²) in [5.74, 6) is -7.12. The van der Waals surface area contributed by atoms with Gasteiger partial charge in [0.2, 0.25) is 0 Å². The number of aliphatic carboxylic acids is 1. The molecule has 1 unspecified atom stereocenters. The summed E-state index contributed by atoms with van der Waals surface area (Å²) >= 11 is 5.47. The van der Waals surface area contributed by atoms with E-state index in [1.807, 2.05) is 0 Å². The lowest BCUT2D eigenvalue weighted by Gasteiger charge is -2.24. The number of unbranched alkanes of at least 4 members (excludes halogenated alkanes) is 1. The molecule has 1 aliphatic carbocycles. The highest BCUT2D eigenvalue weighted by atomic mass is 35.5. The average molecular weight is 283 g/mol. The van der Waals surface area contributed by atoms with Gasteiger partial charge in [0.15, 0.2) is 11.7 Å². The summed E-state index contributed by atoms with van der Waals surface area (Å²) in [4.78, 5) is 11.1. The molecule has 0 aromatic heterocycles. The van der Waals surface area contributed by atoms with Crippen LogP contribution in [0.3, 0.4) is 0 Å². The van der Waals surface area contributed by atoms with E-state index >= 15 is 0 Å². The molecule has 1 rings (SSSR count). The van der Waals surface area contributed by atoms with E-state index in [4.69, 9.17) is 16.7 Å². The molecule has 0 aromatic carbocycles. The van der Waals surface area contributed by atoms with Crippen LogP contribution in [0, 0.1) is 11.8 Å². The van der Waals surface area contributed by atoms with Crippen molar-refractivity contribution in [3.63, 3.8) is 0 Å². The van der Waals surface area contributed by atoms with E-state index in [-0.39, 0.29) is 12.8 Å². The maximum absolute atomic E-state index is 13.5. The number of carboxylic acids is 1. The van der Waals surface area contributed by atoms with Crippen LogP contribution in [-0.4, -0.2) is 17.0 Å². The third kappa shape index (κ3) is 3.51. The van der Waals surface area contributed by atoms with Gasteiger partial charge in [-0.3, -0.25) is 4.79 Å². The molecule has 2 nitrogen and oxygen atoms in total. The van der Waals surface area contributed by atoms with Crippen molar-refractivity contribution in [1.82, 2.24) is 0 Å². The molecule has 2 atom stereocenters. The van der Waals surface area contributed by atoms with Crippen LogP contribution in [0.1, 0.15) is 25.7 Å². The predicted octanol–water partition coefficient (Wildman–Crippen LogP) is 4.12. The van der Waals surface area contributed by atoms with Gasteiger partial charge in [0.05, 0.1) is 5.92 Å². The van der Waals surface area contributed by atoms with Crippen molar-refractivity contribution in [2.45, 2.75) is 25.7 Å². The Morgan fingerprint density at radius 3 is 2.67 bits per heavy atom. The second-order valence-electron chi connectivity index (χ2n) is 4.19. The molecule has 1 aliphatic rings. The van der Waals surface area contributed by atoms with Gasteiger partial charge in [-0.05, 0) is 25.3 Å². The minimum atomic E-state index is -1.57. The van der Waals surface area contributed by atoms with Crippen LogP contribution in [0.15, 0.2) is 23.6 Å². The van der Waals surface area contributed by atoms with Gasteiger partial charge >= 0.3 is 5.97 Å². The molecule has 0 saturated carbocycles. The topological polar surface area (TPSA) is 37.3 Å². The number of carboxylic acid groups (broad SMARTS) is 1. The zero-order chi connectivity index (χ0) is 13.7. The summed E-state index contributed by atoms with van der Waals surface area (Å²) in [5.41, 5.74) is 0. The molecule has 0 aliphatic heterocycles. The fraction of sp³-hybridized carbons (Fsp3) is 0.583. The average Bonchev–Trinajstić information content (AvgIpc) is 2.33. The molecule has 0 saturated heterocycles. The highest BCUT2D eigenvalue weighted by Gasteiger charge is 2.35. The smallest absolute Gasteiger partial charge is 0.307 e. The maximum atomic E-state index is 13.5. The molecule has 18 heavy (non-hydrogen) atoms. The summed E-state index contributed by atoms with van der Waals surface area (Å²) in [6.45, 7) is 0.